The number of hydrogen-bond acceptors (Lipinski definition) is 2. The molecule has 0 saturated carbocycles. The largest absolute Gasteiger partial charge is 0.478 e. The van der Waals surface area contributed by atoms with Crippen LogP contribution in [0.4, 0.5) is 0 Å². The van der Waals surface area contributed by atoms with Crippen LogP contribution < -0.4 is 0 Å². The van der Waals surface area contributed by atoms with E-state index in [1.165, 1.54) is 6.07 Å². The Morgan fingerprint density at radius 1 is 1.50 bits per heavy atom. The first kappa shape index (κ1) is 15.4. The number of hydrogen-bond donors (Lipinski definition) is 1. The second-order valence-corrected chi connectivity index (χ2v) is 6.73. The zero-order valence-corrected chi connectivity index (χ0v) is 12.9. The highest BCUT2D eigenvalue weighted by Crippen LogP contribution is 2.22. The minimum Gasteiger partial charge on any atom is -0.478 e. The van der Waals surface area contributed by atoms with Crippen molar-refractivity contribution in [1.82, 2.24) is 0 Å². The predicted molar refractivity (Wildman–Crippen MR) is 76.4 cm³/mol. The Labute approximate surface area is 118 Å². The summed E-state index contributed by atoms with van der Waals surface area (Å²) in [6.45, 7) is 4.13. The van der Waals surface area contributed by atoms with E-state index in [2.05, 4.69) is 22.9 Å². The van der Waals surface area contributed by atoms with E-state index in [1.807, 2.05) is 6.92 Å². The minimum atomic E-state index is -1.27. The van der Waals surface area contributed by atoms with Crippen LogP contribution in [-0.4, -0.2) is 21.0 Å². The molecule has 1 aromatic carbocycles. The molecule has 0 bridgehead atoms. The Balaban J connectivity index is 2.97. The summed E-state index contributed by atoms with van der Waals surface area (Å²) in [7, 11) is -1.27. The van der Waals surface area contributed by atoms with Crippen molar-refractivity contribution in [2.75, 3.05) is 5.75 Å². The summed E-state index contributed by atoms with van der Waals surface area (Å²) < 4.78 is 13.0. The third kappa shape index (κ3) is 4.21. The molecule has 0 amide bonds. The highest BCUT2D eigenvalue weighted by Gasteiger charge is 2.17. The van der Waals surface area contributed by atoms with Crippen molar-refractivity contribution in [2.45, 2.75) is 31.6 Å². The highest BCUT2D eigenvalue weighted by atomic mass is 79.9. The Bertz CT molecular complexity index is 460. The molecular formula is C13H17BrO3S. The van der Waals surface area contributed by atoms with E-state index in [9.17, 15) is 9.00 Å². The van der Waals surface area contributed by atoms with E-state index in [0.717, 1.165) is 17.3 Å². The number of halogens is 1. The van der Waals surface area contributed by atoms with Gasteiger partial charge in [0.1, 0.15) is 0 Å². The van der Waals surface area contributed by atoms with Gasteiger partial charge in [0, 0.05) is 10.2 Å². The number of carboxylic acids is 1. The third-order valence-corrected chi connectivity index (χ3v) is 4.83. The number of rotatable bonds is 6. The van der Waals surface area contributed by atoms with Gasteiger partial charge in [0.05, 0.1) is 21.3 Å². The van der Waals surface area contributed by atoms with Crippen LogP contribution in [0.1, 0.15) is 37.0 Å². The van der Waals surface area contributed by atoms with E-state index in [-0.39, 0.29) is 5.56 Å². The second kappa shape index (κ2) is 7.04. The van der Waals surface area contributed by atoms with Crippen LogP contribution in [0.2, 0.25) is 0 Å². The SMILES string of the molecule is CCCC(C)CS(=O)c1cc(Br)ccc1C(=O)O. The fourth-order valence-electron chi connectivity index (χ4n) is 1.79. The van der Waals surface area contributed by atoms with Gasteiger partial charge < -0.3 is 5.11 Å². The standard InChI is InChI=1S/C13H17BrO3S/c1-3-4-9(2)8-18(17)12-7-10(14)5-6-11(12)13(15)16/h5-7,9H,3-4,8H2,1-2H3,(H,15,16). The summed E-state index contributed by atoms with van der Waals surface area (Å²) in [5.74, 6) is -0.199. The Hall–Kier alpha value is -0.680. The van der Waals surface area contributed by atoms with E-state index in [1.54, 1.807) is 12.1 Å². The molecule has 100 valence electrons. The van der Waals surface area contributed by atoms with Crippen molar-refractivity contribution < 1.29 is 14.1 Å². The van der Waals surface area contributed by atoms with Crippen LogP contribution in [0.25, 0.3) is 0 Å². The Kier molecular flexibility index (Phi) is 6.02. The lowest BCUT2D eigenvalue weighted by molar-refractivity contribution is 0.0693. The zero-order chi connectivity index (χ0) is 13.7. The molecule has 0 aliphatic rings. The van der Waals surface area contributed by atoms with Gasteiger partial charge in [-0.2, -0.15) is 0 Å². The molecule has 0 saturated heterocycles. The van der Waals surface area contributed by atoms with Crippen molar-refractivity contribution in [3.63, 3.8) is 0 Å². The number of carbonyl (C=O) groups is 1. The number of benzene rings is 1. The summed E-state index contributed by atoms with van der Waals surface area (Å²) in [4.78, 5) is 11.5. The van der Waals surface area contributed by atoms with Gasteiger partial charge in [-0.15, -0.1) is 0 Å². The quantitative estimate of drug-likeness (QED) is 0.864. The molecule has 0 radical (unpaired) electrons. The molecule has 1 N–H and O–H groups in total. The summed E-state index contributed by atoms with van der Waals surface area (Å²) in [6.07, 6.45) is 2.05. The summed E-state index contributed by atoms with van der Waals surface area (Å²) >= 11 is 3.28. The highest BCUT2D eigenvalue weighted by molar-refractivity contribution is 9.10. The average molecular weight is 333 g/mol. The summed E-state index contributed by atoms with van der Waals surface area (Å²) in [5, 5.41) is 9.09. The van der Waals surface area contributed by atoms with Crippen LogP contribution >= 0.6 is 15.9 Å². The lowest BCUT2D eigenvalue weighted by Crippen LogP contribution is -2.11. The molecule has 0 aromatic heterocycles. The maximum atomic E-state index is 12.2. The van der Waals surface area contributed by atoms with Crippen LogP contribution in [0, 0.1) is 5.92 Å². The van der Waals surface area contributed by atoms with Crippen LogP contribution in [-0.2, 0) is 10.8 Å². The lowest BCUT2D eigenvalue weighted by atomic mass is 10.1. The van der Waals surface area contributed by atoms with Crippen molar-refractivity contribution in [1.29, 1.82) is 0 Å². The monoisotopic (exact) mass is 332 g/mol. The van der Waals surface area contributed by atoms with Gasteiger partial charge in [-0.25, -0.2) is 4.79 Å². The molecule has 0 aliphatic heterocycles. The first-order valence-corrected chi connectivity index (χ1v) is 7.98. The topological polar surface area (TPSA) is 54.4 Å². The Morgan fingerprint density at radius 2 is 2.17 bits per heavy atom. The van der Waals surface area contributed by atoms with E-state index in [0.29, 0.717) is 16.6 Å². The van der Waals surface area contributed by atoms with Gasteiger partial charge in [-0.05, 0) is 24.1 Å². The van der Waals surface area contributed by atoms with Gasteiger partial charge >= 0.3 is 5.97 Å². The average Bonchev–Trinajstić information content (AvgIpc) is 2.28. The lowest BCUT2D eigenvalue weighted by Gasteiger charge is -2.11. The molecule has 0 heterocycles. The third-order valence-electron chi connectivity index (χ3n) is 2.64. The van der Waals surface area contributed by atoms with Gasteiger partial charge in [0.2, 0.25) is 0 Å². The zero-order valence-electron chi connectivity index (χ0n) is 10.5. The molecule has 1 aromatic rings. The number of carboxylic acid groups (broad SMARTS) is 1. The van der Waals surface area contributed by atoms with Gasteiger partial charge in [-0.1, -0.05) is 42.6 Å². The van der Waals surface area contributed by atoms with Crippen LogP contribution in [0.3, 0.4) is 0 Å². The fraction of sp³-hybridized carbons (Fsp3) is 0.462. The molecule has 3 nitrogen and oxygen atoms in total. The molecule has 0 fully saturated rings. The predicted octanol–water partition coefficient (Wildman–Crippen LogP) is 3.69. The minimum absolute atomic E-state index is 0.125. The number of aromatic carboxylic acids is 1. The molecule has 0 aliphatic carbocycles. The first-order chi connectivity index (χ1) is 8.45. The van der Waals surface area contributed by atoms with Gasteiger partial charge in [0.25, 0.3) is 0 Å². The maximum Gasteiger partial charge on any atom is 0.336 e. The molecule has 0 spiro atoms. The van der Waals surface area contributed by atoms with Crippen molar-refractivity contribution in [3.05, 3.63) is 28.2 Å². The van der Waals surface area contributed by atoms with Crippen molar-refractivity contribution >= 4 is 32.7 Å². The summed E-state index contributed by atoms with van der Waals surface area (Å²) in [5.41, 5.74) is 0.125. The fourth-order valence-corrected chi connectivity index (χ4v) is 3.82. The van der Waals surface area contributed by atoms with Crippen molar-refractivity contribution in [2.24, 2.45) is 5.92 Å². The second-order valence-electron chi connectivity index (χ2n) is 4.35. The van der Waals surface area contributed by atoms with E-state index in [4.69, 9.17) is 5.11 Å². The molecule has 1 rings (SSSR count). The van der Waals surface area contributed by atoms with Gasteiger partial charge in [0.15, 0.2) is 0 Å². The molecule has 18 heavy (non-hydrogen) atoms. The van der Waals surface area contributed by atoms with Gasteiger partial charge in [-0.3, -0.25) is 4.21 Å². The van der Waals surface area contributed by atoms with Crippen molar-refractivity contribution in [3.8, 4) is 0 Å². The van der Waals surface area contributed by atoms with E-state index >= 15 is 0 Å². The smallest absolute Gasteiger partial charge is 0.336 e. The first-order valence-electron chi connectivity index (χ1n) is 5.87. The molecule has 2 unspecified atom stereocenters. The molecule has 5 heteroatoms. The van der Waals surface area contributed by atoms with Crippen LogP contribution in [0.15, 0.2) is 27.6 Å². The molecule has 2 atom stereocenters. The Morgan fingerprint density at radius 3 is 2.72 bits per heavy atom. The van der Waals surface area contributed by atoms with Crippen LogP contribution in [0.5, 0.6) is 0 Å². The normalized spacial score (nSPS) is 14.2. The molecular weight excluding hydrogens is 316 g/mol. The maximum absolute atomic E-state index is 12.2. The summed E-state index contributed by atoms with van der Waals surface area (Å²) in [6, 6.07) is 4.78. The van der Waals surface area contributed by atoms with E-state index < -0.39 is 16.8 Å².